The Kier molecular flexibility index (Phi) is 4.68. The maximum absolute atomic E-state index is 12.0. The van der Waals surface area contributed by atoms with Crippen LogP contribution in [0, 0.1) is 0 Å². The van der Waals surface area contributed by atoms with E-state index in [0.29, 0.717) is 11.4 Å². The lowest BCUT2D eigenvalue weighted by Crippen LogP contribution is -2.33. The number of thiophene rings is 1. The van der Waals surface area contributed by atoms with Gasteiger partial charge in [0.05, 0.1) is 6.54 Å². The zero-order valence-corrected chi connectivity index (χ0v) is 14.3. The number of carbonyl (C=O) groups is 2. The molecule has 2 heterocycles. The SMILES string of the molecule is O=C(CNC(=O)c1cccc(Br)c1)Nc1nccc2sccc12. The molecule has 23 heavy (non-hydrogen) atoms. The number of amides is 2. The average Bonchev–Trinajstić information content (AvgIpc) is 3.02. The fourth-order valence-corrected chi connectivity index (χ4v) is 3.24. The molecule has 2 amide bonds. The fraction of sp³-hybridized carbons (Fsp3) is 0.0625. The summed E-state index contributed by atoms with van der Waals surface area (Å²) in [7, 11) is 0. The number of anilines is 1. The van der Waals surface area contributed by atoms with Crippen molar-refractivity contribution in [3.8, 4) is 0 Å². The molecule has 0 aliphatic heterocycles. The predicted octanol–water partition coefficient (Wildman–Crippen LogP) is 3.43. The van der Waals surface area contributed by atoms with E-state index in [9.17, 15) is 9.59 Å². The Morgan fingerprint density at radius 1 is 1.22 bits per heavy atom. The second kappa shape index (κ2) is 6.89. The van der Waals surface area contributed by atoms with Gasteiger partial charge in [-0.25, -0.2) is 4.98 Å². The van der Waals surface area contributed by atoms with E-state index < -0.39 is 0 Å². The number of hydrogen-bond acceptors (Lipinski definition) is 4. The molecular weight excluding hydrogens is 378 g/mol. The smallest absolute Gasteiger partial charge is 0.251 e. The Morgan fingerprint density at radius 2 is 2.09 bits per heavy atom. The molecule has 5 nitrogen and oxygen atoms in total. The maximum atomic E-state index is 12.0. The first-order valence-electron chi connectivity index (χ1n) is 6.79. The standard InChI is InChI=1S/C16H12BrN3O2S/c17-11-3-1-2-10(8-11)16(22)19-9-14(21)20-15-12-5-7-23-13(12)4-6-18-15/h1-8H,9H2,(H,19,22)(H,18,20,21). The molecule has 2 N–H and O–H groups in total. The van der Waals surface area contributed by atoms with Gasteiger partial charge in [-0.1, -0.05) is 22.0 Å². The second-order valence-corrected chi connectivity index (χ2v) is 6.60. The lowest BCUT2D eigenvalue weighted by molar-refractivity contribution is -0.115. The van der Waals surface area contributed by atoms with Crippen LogP contribution in [0.1, 0.15) is 10.4 Å². The number of rotatable bonds is 4. The third-order valence-electron chi connectivity index (χ3n) is 3.13. The largest absolute Gasteiger partial charge is 0.343 e. The van der Waals surface area contributed by atoms with Crippen molar-refractivity contribution in [2.24, 2.45) is 0 Å². The molecule has 0 unspecified atom stereocenters. The Morgan fingerprint density at radius 3 is 2.91 bits per heavy atom. The summed E-state index contributed by atoms with van der Waals surface area (Å²) in [5.41, 5.74) is 0.491. The van der Waals surface area contributed by atoms with E-state index in [1.165, 1.54) is 0 Å². The molecule has 0 fully saturated rings. The summed E-state index contributed by atoms with van der Waals surface area (Å²) in [4.78, 5) is 28.2. The van der Waals surface area contributed by atoms with Gasteiger partial charge in [0.2, 0.25) is 5.91 Å². The third kappa shape index (κ3) is 3.75. The number of aromatic nitrogens is 1. The molecule has 0 saturated heterocycles. The van der Waals surface area contributed by atoms with Crippen LogP contribution in [0.2, 0.25) is 0 Å². The monoisotopic (exact) mass is 389 g/mol. The highest BCUT2D eigenvalue weighted by Crippen LogP contribution is 2.25. The van der Waals surface area contributed by atoms with Crippen LogP contribution in [0.15, 0.2) is 52.4 Å². The quantitative estimate of drug-likeness (QED) is 0.717. The normalized spacial score (nSPS) is 10.5. The van der Waals surface area contributed by atoms with Gasteiger partial charge in [0.25, 0.3) is 5.91 Å². The zero-order chi connectivity index (χ0) is 16.2. The third-order valence-corrected chi connectivity index (χ3v) is 4.51. The highest BCUT2D eigenvalue weighted by Gasteiger charge is 2.10. The number of nitrogens with one attached hydrogen (secondary N) is 2. The zero-order valence-electron chi connectivity index (χ0n) is 11.9. The van der Waals surface area contributed by atoms with E-state index >= 15 is 0 Å². The van der Waals surface area contributed by atoms with Crippen LogP contribution >= 0.6 is 27.3 Å². The van der Waals surface area contributed by atoms with Crippen LogP contribution < -0.4 is 10.6 Å². The Hall–Kier alpha value is -2.25. The molecule has 0 bridgehead atoms. The molecule has 0 spiro atoms. The van der Waals surface area contributed by atoms with Crippen LogP contribution in [-0.2, 0) is 4.79 Å². The summed E-state index contributed by atoms with van der Waals surface area (Å²) in [6, 6.07) is 10.8. The van der Waals surface area contributed by atoms with E-state index in [1.54, 1.807) is 35.7 Å². The molecule has 0 saturated carbocycles. The highest BCUT2D eigenvalue weighted by molar-refractivity contribution is 9.10. The molecule has 0 atom stereocenters. The van der Waals surface area contributed by atoms with Crippen LogP contribution in [0.3, 0.4) is 0 Å². The van der Waals surface area contributed by atoms with Crippen molar-refractivity contribution in [1.82, 2.24) is 10.3 Å². The molecule has 3 aromatic rings. The lowest BCUT2D eigenvalue weighted by atomic mass is 10.2. The number of pyridine rings is 1. The van der Waals surface area contributed by atoms with Crippen molar-refractivity contribution in [2.45, 2.75) is 0 Å². The van der Waals surface area contributed by atoms with Gasteiger partial charge in [-0.15, -0.1) is 11.3 Å². The van der Waals surface area contributed by atoms with Gasteiger partial charge < -0.3 is 10.6 Å². The van der Waals surface area contributed by atoms with Crippen molar-refractivity contribution in [2.75, 3.05) is 11.9 Å². The van der Waals surface area contributed by atoms with Crippen LogP contribution in [0.4, 0.5) is 5.82 Å². The van der Waals surface area contributed by atoms with E-state index in [4.69, 9.17) is 0 Å². The lowest BCUT2D eigenvalue weighted by Gasteiger charge is -2.07. The van der Waals surface area contributed by atoms with Gasteiger partial charge in [-0.3, -0.25) is 9.59 Å². The van der Waals surface area contributed by atoms with Gasteiger partial charge in [-0.2, -0.15) is 0 Å². The number of hydrogen-bond donors (Lipinski definition) is 2. The van der Waals surface area contributed by atoms with Crippen molar-refractivity contribution in [1.29, 1.82) is 0 Å². The molecule has 0 aliphatic rings. The van der Waals surface area contributed by atoms with E-state index in [0.717, 1.165) is 14.6 Å². The second-order valence-electron chi connectivity index (χ2n) is 4.73. The summed E-state index contributed by atoms with van der Waals surface area (Å²) in [6.45, 7) is -0.118. The number of nitrogens with zero attached hydrogens (tertiary/aromatic N) is 1. The van der Waals surface area contributed by atoms with Gasteiger partial charge in [0, 0.05) is 26.3 Å². The first-order valence-corrected chi connectivity index (χ1v) is 8.46. The van der Waals surface area contributed by atoms with Crippen molar-refractivity contribution in [3.05, 3.63) is 58.0 Å². The number of benzene rings is 1. The molecule has 1 aromatic carbocycles. The first kappa shape index (κ1) is 15.6. The van der Waals surface area contributed by atoms with Crippen molar-refractivity contribution < 1.29 is 9.59 Å². The summed E-state index contributed by atoms with van der Waals surface area (Å²) in [6.07, 6.45) is 1.65. The Balaban J connectivity index is 1.62. The molecular formula is C16H12BrN3O2S. The minimum Gasteiger partial charge on any atom is -0.343 e. The molecule has 7 heteroatoms. The van der Waals surface area contributed by atoms with Gasteiger partial charge >= 0.3 is 0 Å². The van der Waals surface area contributed by atoms with Gasteiger partial charge in [0.1, 0.15) is 5.82 Å². The number of fused-ring (bicyclic) bond motifs is 1. The first-order chi connectivity index (χ1) is 11.1. The summed E-state index contributed by atoms with van der Waals surface area (Å²) < 4.78 is 1.86. The van der Waals surface area contributed by atoms with E-state index in [-0.39, 0.29) is 18.4 Å². The summed E-state index contributed by atoms with van der Waals surface area (Å²) in [5, 5.41) is 8.15. The highest BCUT2D eigenvalue weighted by atomic mass is 79.9. The molecule has 0 radical (unpaired) electrons. The number of carbonyl (C=O) groups excluding carboxylic acids is 2. The molecule has 2 aromatic heterocycles. The fourth-order valence-electron chi connectivity index (χ4n) is 2.06. The van der Waals surface area contributed by atoms with E-state index in [2.05, 4.69) is 31.5 Å². The topological polar surface area (TPSA) is 71.1 Å². The van der Waals surface area contributed by atoms with E-state index in [1.807, 2.05) is 23.6 Å². The average molecular weight is 390 g/mol. The van der Waals surface area contributed by atoms with Crippen LogP contribution in [0.25, 0.3) is 10.1 Å². The Bertz CT molecular complexity index is 878. The van der Waals surface area contributed by atoms with Crippen LogP contribution in [0.5, 0.6) is 0 Å². The Labute approximate surface area is 144 Å². The van der Waals surface area contributed by atoms with Crippen molar-refractivity contribution >= 4 is 55.0 Å². The minimum atomic E-state index is -0.320. The minimum absolute atomic E-state index is 0.118. The summed E-state index contributed by atoms with van der Waals surface area (Å²) in [5.74, 6) is -0.117. The number of halogens is 1. The van der Waals surface area contributed by atoms with Gasteiger partial charge in [0.15, 0.2) is 0 Å². The van der Waals surface area contributed by atoms with Crippen molar-refractivity contribution in [3.63, 3.8) is 0 Å². The maximum Gasteiger partial charge on any atom is 0.251 e. The molecule has 0 aliphatic carbocycles. The molecule has 3 rings (SSSR count). The molecule has 116 valence electrons. The summed E-state index contributed by atoms with van der Waals surface area (Å²) >= 11 is 4.89. The van der Waals surface area contributed by atoms with Crippen LogP contribution in [-0.4, -0.2) is 23.3 Å². The van der Waals surface area contributed by atoms with Gasteiger partial charge in [-0.05, 0) is 35.7 Å². The predicted molar refractivity (Wildman–Crippen MR) is 94.7 cm³/mol.